The fourth-order valence-corrected chi connectivity index (χ4v) is 3.98. The van der Waals surface area contributed by atoms with Crippen molar-refractivity contribution in [2.24, 2.45) is 0 Å². The summed E-state index contributed by atoms with van der Waals surface area (Å²) in [5.41, 5.74) is 0.271. The molecule has 1 atom stereocenters. The van der Waals surface area contributed by atoms with E-state index >= 15 is 0 Å². The number of aliphatic hydroxyl groups is 1. The molecule has 8 heteroatoms. The maximum atomic E-state index is 13.5. The normalized spacial score (nSPS) is 15.3. The van der Waals surface area contributed by atoms with E-state index in [1.807, 2.05) is 0 Å². The molecule has 1 aliphatic heterocycles. The topological polar surface area (TPSA) is 108 Å². The number of hydrogen-bond acceptors (Lipinski definition) is 8. The summed E-state index contributed by atoms with van der Waals surface area (Å²) in [4.78, 5) is 26.2. The number of rotatable bonds is 4. The Morgan fingerprint density at radius 1 is 1.10 bits per heavy atom. The number of methoxy groups -OCH3 is 2. The van der Waals surface area contributed by atoms with E-state index in [1.54, 1.807) is 18.2 Å². The first-order valence-corrected chi connectivity index (χ1v) is 9.53. The van der Waals surface area contributed by atoms with Crippen molar-refractivity contribution in [2.45, 2.75) is 12.5 Å². The van der Waals surface area contributed by atoms with Crippen molar-refractivity contribution < 1.29 is 28.2 Å². The summed E-state index contributed by atoms with van der Waals surface area (Å²) in [6, 6.07) is 6.37. The second-order valence-electron chi connectivity index (χ2n) is 7.27. The van der Waals surface area contributed by atoms with Gasteiger partial charge in [0.25, 0.3) is 0 Å². The van der Waals surface area contributed by atoms with E-state index in [2.05, 4.69) is 6.58 Å². The van der Waals surface area contributed by atoms with Crippen LogP contribution in [0.1, 0.15) is 5.56 Å². The third-order valence-electron chi connectivity index (χ3n) is 5.58. The minimum absolute atomic E-state index is 0.106. The van der Waals surface area contributed by atoms with Crippen molar-refractivity contribution in [3.63, 3.8) is 0 Å². The van der Waals surface area contributed by atoms with Gasteiger partial charge >= 0.3 is 5.63 Å². The van der Waals surface area contributed by atoms with Crippen molar-refractivity contribution in [3.8, 4) is 17.2 Å². The molecule has 0 fully saturated rings. The van der Waals surface area contributed by atoms with Crippen LogP contribution in [0.4, 0.5) is 0 Å². The summed E-state index contributed by atoms with van der Waals surface area (Å²) in [6.45, 7) is 3.59. The van der Waals surface area contributed by atoms with Crippen LogP contribution >= 0.6 is 0 Å². The second kappa shape index (κ2) is 6.88. The zero-order chi connectivity index (χ0) is 21.9. The predicted molar refractivity (Wildman–Crippen MR) is 113 cm³/mol. The highest BCUT2D eigenvalue weighted by molar-refractivity contribution is 6.06. The van der Waals surface area contributed by atoms with Gasteiger partial charge in [-0.2, -0.15) is 0 Å². The van der Waals surface area contributed by atoms with E-state index in [1.165, 1.54) is 20.3 Å². The highest BCUT2D eigenvalue weighted by Gasteiger charge is 2.29. The van der Waals surface area contributed by atoms with Crippen LogP contribution in [-0.2, 0) is 6.42 Å². The molecule has 31 heavy (non-hydrogen) atoms. The molecule has 2 aromatic carbocycles. The molecule has 5 rings (SSSR count). The van der Waals surface area contributed by atoms with Gasteiger partial charge in [0.1, 0.15) is 23.0 Å². The van der Waals surface area contributed by atoms with Gasteiger partial charge in [0.05, 0.1) is 31.6 Å². The van der Waals surface area contributed by atoms with E-state index < -0.39 is 11.7 Å². The lowest BCUT2D eigenvalue weighted by molar-refractivity contribution is 0.234. The molecule has 0 amide bonds. The molecule has 0 unspecified atom stereocenters. The van der Waals surface area contributed by atoms with E-state index in [0.29, 0.717) is 45.6 Å². The maximum Gasteiger partial charge on any atom is 0.380 e. The first kappa shape index (κ1) is 19.2. The summed E-state index contributed by atoms with van der Waals surface area (Å²) in [7, 11) is 2.94. The van der Waals surface area contributed by atoms with Crippen molar-refractivity contribution in [1.29, 1.82) is 0 Å². The molecule has 0 saturated heterocycles. The van der Waals surface area contributed by atoms with Crippen molar-refractivity contribution in [1.82, 2.24) is 0 Å². The first-order chi connectivity index (χ1) is 15.0. The molecule has 0 saturated carbocycles. The molecular formula is C23H18O8. The summed E-state index contributed by atoms with van der Waals surface area (Å²) in [6.07, 6.45) is -0.0684. The molecular weight excluding hydrogens is 404 g/mol. The van der Waals surface area contributed by atoms with Crippen LogP contribution in [0.15, 0.2) is 54.8 Å². The van der Waals surface area contributed by atoms with Gasteiger partial charge in [-0.1, -0.05) is 6.58 Å². The summed E-state index contributed by atoms with van der Waals surface area (Å²) >= 11 is 0. The standard InChI is InChI=1S/C23H18O8/c1-10(9-24)15-7-13-14(29-15)5-4-11-20(25)19-12-6-17(27-2)18(28-3)8-16(12)30-23(26)22(19)31-21(11)13/h4-6,8,15,24H,1,7,9H2,2-3H3/t15-/m1/s1. The number of aliphatic hydroxyl groups excluding tert-OH is 1. The summed E-state index contributed by atoms with van der Waals surface area (Å²) < 4.78 is 27.8. The van der Waals surface area contributed by atoms with Crippen LogP contribution in [-0.4, -0.2) is 32.0 Å². The Balaban J connectivity index is 1.86. The molecule has 0 bridgehead atoms. The first-order valence-electron chi connectivity index (χ1n) is 9.53. The Morgan fingerprint density at radius 3 is 2.55 bits per heavy atom. The number of hydrogen-bond donors (Lipinski definition) is 1. The Morgan fingerprint density at radius 2 is 1.84 bits per heavy atom. The Hall–Kier alpha value is -3.78. The zero-order valence-electron chi connectivity index (χ0n) is 16.8. The van der Waals surface area contributed by atoms with Gasteiger partial charge in [-0.25, -0.2) is 4.79 Å². The Kier molecular flexibility index (Phi) is 4.26. The lowest BCUT2D eigenvalue weighted by Gasteiger charge is -2.10. The van der Waals surface area contributed by atoms with Crippen molar-refractivity contribution in [2.75, 3.05) is 20.8 Å². The van der Waals surface area contributed by atoms with Gasteiger partial charge in [0.2, 0.25) is 11.0 Å². The largest absolute Gasteiger partial charge is 0.493 e. The molecule has 1 aliphatic rings. The second-order valence-corrected chi connectivity index (χ2v) is 7.27. The van der Waals surface area contributed by atoms with Crippen LogP contribution in [0.3, 0.4) is 0 Å². The molecule has 2 aromatic heterocycles. The zero-order valence-corrected chi connectivity index (χ0v) is 16.8. The van der Waals surface area contributed by atoms with E-state index in [-0.39, 0.29) is 34.2 Å². The SMILES string of the molecule is C=C(CO)[C@H]1Cc2c(ccc3c(=O)c4c(oc23)c(=O)oc2cc(OC)c(OC)cc24)O1. The molecule has 8 nitrogen and oxygen atoms in total. The lowest BCUT2D eigenvalue weighted by atomic mass is 10.0. The smallest absolute Gasteiger partial charge is 0.380 e. The third-order valence-corrected chi connectivity index (χ3v) is 5.58. The maximum absolute atomic E-state index is 13.5. The molecule has 1 N–H and O–H groups in total. The van der Waals surface area contributed by atoms with Crippen molar-refractivity contribution in [3.05, 3.63) is 62.6 Å². The van der Waals surface area contributed by atoms with Crippen LogP contribution in [0.5, 0.6) is 17.2 Å². The molecule has 0 spiro atoms. The third kappa shape index (κ3) is 2.72. The van der Waals surface area contributed by atoms with Gasteiger partial charge in [-0.15, -0.1) is 0 Å². The number of fused-ring (bicyclic) bond motifs is 6. The van der Waals surface area contributed by atoms with E-state index in [9.17, 15) is 14.7 Å². The quantitative estimate of drug-likeness (QED) is 0.231. The minimum Gasteiger partial charge on any atom is -0.493 e. The van der Waals surface area contributed by atoms with E-state index in [4.69, 9.17) is 23.0 Å². The highest BCUT2D eigenvalue weighted by atomic mass is 16.5. The highest BCUT2D eigenvalue weighted by Crippen LogP contribution is 2.38. The van der Waals surface area contributed by atoms with Gasteiger partial charge in [-0.3, -0.25) is 4.79 Å². The summed E-state index contributed by atoms with van der Waals surface area (Å²) in [5.74, 6) is 1.27. The van der Waals surface area contributed by atoms with E-state index in [0.717, 1.165) is 0 Å². The van der Waals surface area contributed by atoms with Gasteiger partial charge in [0.15, 0.2) is 11.5 Å². The summed E-state index contributed by atoms with van der Waals surface area (Å²) in [5, 5.41) is 10.2. The van der Waals surface area contributed by atoms with Crippen LogP contribution in [0.2, 0.25) is 0 Å². The fraction of sp³-hybridized carbons (Fsp3) is 0.217. The molecule has 3 heterocycles. The monoisotopic (exact) mass is 422 g/mol. The number of ether oxygens (including phenoxy) is 3. The van der Waals surface area contributed by atoms with Gasteiger partial charge < -0.3 is 28.2 Å². The van der Waals surface area contributed by atoms with Crippen LogP contribution < -0.4 is 25.3 Å². The molecule has 4 aromatic rings. The lowest BCUT2D eigenvalue weighted by Crippen LogP contribution is -2.17. The fourth-order valence-electron chi connectivity index (χ4n) is 3.98. The average Bonchev–Trinajstić information content (AvgIpc) is 3.23. The predicted octanol–water partition coefficient (Wildman–Crippen LogP) is 2.92. The Labute approximate surface area is 174 Å². The van der Waals surface area contributed by atoms with Crippen LogP contribution in [0.25, 0.3) is 32.9 Å². The Bertz CT molecular complexity index is 1510. The van der Waals surface area contributed by atoms with Gasteiger partial charge in [-0.05, 0) is 23.8 Å². The minimum atomic E-state index is -0.776. The van der Waals surface area contributed by atoms with Crippen molar-refractivity contribution >= 4 is 32.9 Å². The van der Waals surface area contributed by atoms with Crippen LogP contribution in [0, 0.1) is 0 Å². The average molecular weight is 422 g/mol. The molecule has 0 aliphatic carbocycles. The van der Waals surface area contributed by atoms with Gasteiger partial charge in [0, 0.05) is 23.4 Å². The molecule has 0 radical (unpaired) electrons. The molecule has 158 valence electrons. The number of benzene rings is 2.